The highest BCUT2D eigenvalue weighted by atomic mass is 32.2. The van der Waals surface area contributed by atoms with Gasteiger partial charge >= 0.3 is 0 Å². The maximum atomic E-state index is 12.9. The second-order valence-corrected chi connectivity index (χ2v) is 8.70. The van der Waals surface area contributed by atoms with E-state index in [-0.39, 0.29) is 17.0 Å². The molecule has 3 rings (SSSR count). The first kappa shape index (κ1) is 16.4. The van der Waals surface area contributed by atoms with E-state index in [1.165, 1.54) is 12.1 Å². The Kier molecular flexibility index (Phi) is 4.45. The molecule has 0 spiro atoms. The van der Waals surface area contributed by atoms with Gasteiger partial charge in [0.15, 0.2) is 0 Å². The highest BCUT2D eigenvalue weighted by Crippen LogP contribution is 2.42. The van der Waals surface area contributed by atoms with Crippen molar-refractivity contribution in [1.29, 1.82) is 5.26 Å². The molecular formula is C17H22N2O3S. The maximum Gasteiger partial charge on any atom is 0.243 e. The molecule has 0 aromatic heterocycles. The minimum Gasteiger partial charge on any atom is -0.376 e. The molecule has 0 amide bonds. The van der Waals surface area contributed by atoms with Gasteiger partial charge in [-0.3, -0.25) is 0 Å². The van der Waals surface area contributed by atoms with E-state index in [0.717, 1.165) is 12.8 Å². The molecular weight excluding hydrogens is 312 g/mol. The van der Waals surface area contributed by atoms with Crippen LogP contribution in [0.25, 0.3) is 0 Å². The number of hydrogen-bond donors (Lipinski definition) is 0. The molecule has 2 aliphatic rings. The lowest BCUT2D eigenvalue weighted by Gasteiger charge is -2.26. The minimum atomic E-state index is -3.52. The van der Waals surface area contributed by atoms with Crippen molar-refractivity contribution in [3.8, 4) is 6.07 Å². The number of nitrogens with zero attached hydrogens (tertiary/aromatic N) is 2. The first-order valence-corrected chi connectivity index (χ1v) is 9.51. The topological polar surface area (TPSA) is 70.4 Å². The fraction of sp³-hybridized carbons (Fsp3) is 0.588. The summed E-state index contributed by atoms with van der Waals surface area (Å²) in [5.41, 5.74) is 0.463. The van der Waals surface area contributed by atoms with E-state index >= 15 is 0 Å². The van der Waals surface area contributed by atoms with Gasteiger partial charge in [-0.25, -0.2) is 8.42 Å². The normalized spacial score (nSPS) is 27.5. The summed E-state index contributed by atoms with van der Waals surface area (Å²) in [6.07, 6.45) is 1.92. The summed E-state index contributed by atoms with van der Waals surface area (Å²) in [5, 5.41) is 8.84. The van der Waals surface area contributed by atoms with Crippen molar-refractivity contribution in [2.75, 3.05) is 13.2 Å². The van der Waals surface area contributed by atoms with Crippen LogP contribution < -0.4 is 0 Å². The minimum absolute atomic E-state index is 0.0190. The molecule has 1 aromatic rings. The highest BCUT2D eigenvalue weighted by Gasteiger charge is 2.52. The van der Waals surface area contributed by atoms with Crippen molar-refractivity contribution in [3.63, 3.8) is 0 Å². The van der Waals surface area contributed by atoms with Gasteiger partial charge in [0.05, 0.1) is 28.7 Å². The van der Waals surface area contributed by atoms with Crippen molar-refractivity contribution in [2.24, 2.45) is 11.8 Å². The van der Waals surface area contributed by atoms with E-state index in [2.05, 4.69) is 13.8 Å². The van der Waals surface area contributed by atoms with Gasteiger partial charge in [0.25, 0.3) is 0 Å². The molecule has 2 bridgehead atoms. The Morgan fingerprint density at radius 1 is 1.30 bits per heavy atom. The zero-order chi connectivity index (χ0) is 16.6. The molecule has 2 fully saturated rings. The quantitative estimate of drug-likeness (QED) is 0.829. The largest absolute Gasteiger partial charge is 0.376 e. The van der Waals surface area contributed by atoms with Crippen LogP contribution in [0.4, 0.5) is 0 Å². The third-order valence-corrected chi connectivity index (χ3v) is 6.58. The molecule has 0 unspecified atom stereocenters. The van der Waals surface area contributed by atoms with Crippen LogP contribution in [0.2, 0.25) is 0 Å². The predicted octanol–water partition coefficient (Wildman–Crippen LogP) is 2.38. The fourth-order valence-corrected chi connectivity index (χ4v) is 5.28. The Morgan fingerprint density at radius 3 is 2.61 bits per heavy atom. The van der Waals surface area contributed by atoms with Gasteiger partial charge < -0.3 is 4.74 Å². The number of nitriles is 1. The molecule has 1 saturated heterocycles. The molecule has 1 aromatic carbocycles. The summed E-state index contributed by atoms with van der Waals surface area (Å²) < 4.78 is 33.4. The van der Waals surface area contributed by atoms with Crippen LogP contribution in [0.15, 0.2) is 29.2 Å². The van der Waals surface area contributed by atoms with Crippen LogP contribution in [0.1, 0.15) is 32.3 Å². The van der Waals surface area contributed by atoms with Crippen molar-refractivity contribution < 1.29 is 13.2 Å². The molecule has 1 heterocycles. The first-order valence-electron chi connectivity index (χ1n) is 8.07. The number of ether oxygens (including phenoxy) is 1. The van der Waals surface area contributed by atoms with Gasteiger partial charge in [-0.1, -0.05) is 13.8 Å². The molecule has 23 heavy (non-hydrogen) atoms. The van der Waals surface area contributed by atoms with Crippen LogP contribution in [0, 0.1) is 23.2 Å². The summed E-state index contributed by atoms with van der Waals surface area (Å²) in [6, 6.07) is 8.09. The van der Waals surface area contributed by atoms with Gasteiger partial charge in [-0.2, -0.15) is 9.57 Å². The zero-order valence-corrected chi connectivity index (χ0v) is 14.3. The molecule has 1 aliphatic carbocycles. The lowest BCUT2D eigenvalue weighted by atomic mass is 10.1. The van der Waals surface area contributed by atoms with Gasteiger partial charge in [-0.05, 0) is 43.0 Å². The SMILES string of the molecule is CC(C)CO[C@H]1[C@H]2CC[C@H]1N(S(=O)(=O)c1ccc(C#N)cc1)C2. The summed E-state index contributed by atoms with van der Waals surface area (Å²) in [4.78, 5) is 0.256. The average molecular weight is 334 g/mol. The van der Waals surface area contributed by atoms with Crippen molar-refractivity contribution in [2.45, 2.75) is 43.7 Å². The average Bonchev–Trinajstić information content (AvgIpc) is 3.10. The van der Waals surface area contributed by atoms with Crippen LogP contribution in [-0.2, 0) is 14.8 Å². The molecule has 3 atom stereocenters. The second kappa shape index (κ2) is 6.23. The molecule has 5 nitrogen and oxygen atoms in total. The van der Waals surface area contributed by atoms with Gasteiger partial charge in [0.2, 0.25) is 10.0 Å². The van der Waals surface area contributed by atoms with Crippen molar-refractivity contribution in [1.82, 2.24) is 4.31 Å². The first-order chi connectivity index (χ1) is 10.9. The second-order valence-electron chi connectivity index (χ2n) is 6.81. The third kappa shape index (κ3) is 3.01. The number of hydrogen-bond acceptors (Lipinski definition) is 4. The predicted molar refractivity (Wildman–Crippen MR) is 86.1 cm³/mol. The molecule has 0 N–H and O–H groups in total. The van der Waals surface area contributed by atoms with Crippen LogP contribution in [0.3, 0.4) is 0 Å². The summed E-state index contributed by atoms with van der Waals surface area (Å²) >= 11 is 0. The number of rotatable bonds is 5. The summed E-state index contributed by atoms with van der Waals surface area (Å²) in [7, 11) is -3.52. The monoisotopic (exact) mass is 334 g/mol. The van der Waals surface area contributed by atoms with E-state index in [1.54, 1.807) is 16.4 Å². The van der Waals surface area contributed by atoms with Gasteiger partial charge in [0.1, 0.15) is 0 Å². The van der Waals surface area contributed by atoms with Crippen LogP contribution in [-0.4, -0.2) is 38.0 Å². The van der Waals surface area contributed by atoms with Crippen molar-refractivity contribution in [3.05, 3.63) is 29.8 Å². The Hall–Kier alpha value is -1.42. The van der Waals surface area contributed by atoms with E-state index in [0.29, 0.717) is 30.6 Å². The van der Waals surface area contributed by atoms with Crippen molar-refractivity contribution >= 4 is 10.0 Å². The number of sulfonamides is 1. The molecule has 6 heteroatoms. The van der Waals surface area contributed by atoms with Crippen LogP contribution in [0.5, 0.6) is 0 Å². The molecule has 124 valence electrons. The van der Waals surface area contributed by atoms with Crippen LogP contribution >= 0.6 is 0 Å². The number of benzene rings is 1. The Bertz CT molecular complexity index is 706. The van der Waals surface area contributed by atoms with E-state index in [9.17, 15) is 8.42 Å². The third-order valence-electron chi connectivity index (χ3n) is 4.67. The standard InChI is InChI=1S/C17H22N2O3S/c1-12(2)11-22-17-14-5-8-16(17)19(10-14)23(20,21)15-6-3-13(9-18)4-7-15/h3-4,6-7,12,14,16-17H,5,8,10-11H2,1-2H3/t14-,16+,17-/m0/s1. The Morgan fingerprint density at radius 2 is 2.00 bits per heavy atom. The molecule has 0 radical (unpaired) electrons. The van der Waals surface area contributed by atoms with E-state index < -0.39 is 10.0 Å². The Balaban J connectivity index is 1.80. The summed E-state index contributed by atoms with van der Waals surface area (Å²) in [6.45, 7) is 5.41. The number of fused-ring (bicyclic) bond motifs is 2. The number of piperidine rings is 1. The fourth-order valence-electron chi connectivity index (χ4n) is 3.56. The van der Waals surface area contributed by atoms with Gasteiger partial charge in [0, 0.05) is 19.1 Å². The van der Waals surface area contributed by atoms with Gasteiger partial charge in [-0.15, -0.1) is 0 Å². The highest BCUT2D eigenvalue weighted by molar-refractivity contribution is 7.89. The van der Waals surface area contributed by atoms with E-state index in [1.807, 2.05) is 6.07 Å². The lowest BCUT2D eigenvalue weighted by molar-refractivity contribution is 0.0182. The lowest BCUT2D eigenvalue weighted by Crippen LogP contribution is -2.40. The maximum absolute atomic E-state index is 12.9. The summed E-state index contributed by atoms with van der Waals surface area (Å²) in [5.74, 6) is 0.741. The Labute approximate surface area is 137 Å². The molecule has 1 aliphatic heterocycles. The van der Waals surface area contributed by atoms with E-state index in [4.69, 9.17) is 10.00 Å². The molecule has 1 saturated carbocycles. The zero-order valence-electron chi connectivity index (χ0n) is 13.5. The smallest absolute Gasteiger partial charge is 0.243 e.